The predicted octanol–water partition coefficient (Wildman–Crippen LogP) is 4.34. The van der Waals surface area contributed by atoms with Crippen molar-refractivity contribution in [2.45, 2.75) is 30.5 Å². The molecule has 2 atom stereocenters. The first kappa shape index (κ1) is 25.3. The number of piperidine rings is 1. The number of halogens is 3. The maximum atomic E-state index is 14.7. The number of anilines is 1. The summed E-state index contributed by atoms with van der Waals surface area (Å²) in [5.41, 5.74) is 1.80. The van der Waals surface area contributed by atoms with Crippen molar-refractivity contribution in [1.29, 1.82) is 0 Å². The number of aryl methyl sites for hydroxylation is 1. The molecule has 0 spiro atoms. The molecule has 4 aromatic rings. The molecule has 3 heterocycles. The fourth-order valence-electron chi connectivity index (χ4n) is 4.14. The molecule has 1 saturated heterocycles. The molecule has 2 N–H and O–H groups in total. The van der Waals surface area contributed by atoms with Crippen LogP contribution in [0, 0.1) is 12.7 Å². The Morgan fingerprint density at radius 2 is 1.95 bits per heavy atom. The van der Waals surface area contributed by atoms with Gasteiger partial charge in [0, 0.05) is 35.1 Å². The molecule has 9 nitrogen and oxygen atoms in total. The van der Waals surface area contributed by atoms with Crippen LogP contribution in [-0.2, 0) is 10.0 Å². The van der Waals surface area contributed by atoms with Crippen molar-refractivity contribution in [3.8, 4) is 17.3 Å². The second-order valence-corrected chi connectivity index (χ2v) is 11.0. The number of rotatable bonds is 6. The number of nitrogens with one attached hydrogen (secondary N) is 2. The average molecular weight is 549 g/mol. The minimum Gasteiger partial charge on any atom is -0.471 e. The fraction of sp³-hybridized carbons (Fsp3) is 0.292. The molecule has 0 saturated carbocycles. The van der Waals surface area contributed by atoms with Gasteiger partial charge < -0.3 is 9.64 Å². The summed E-state index contributed by atoms with van der Waals surface area (Å²) in [4.78, 5) is 10.4. The molecule has 2 aromatic heterocycles. The number of alkyl halides is 1. The van der Waals surface area contributed by atoms with E-state index in [4.69, 9.17) is 16.3 Å². The van der Waals surface area contributed by atoms with E-state index in [1.165, 1.54) is 18.2 Å². The Bertz CT molecular complexity index is 1570. The molecule has 5 rings (SSSR count). The maximum absolute atomic E-state index is 14.7. The zero-order valence-corrected chi connectivity index (χ0v) is 21.4. The second kappa shape index (κ2) is 9.84. The molecular formula is C24H23ClF2N6O3S. The van der Waals surface area contributed by atoms with Crippen LogP contribution >= 0.6 is 11.6 Å². The number of nitrogens with zero attached hydrogens (tertiary/aromatic N) is 4. The number of benzene rings is 2. The van der Waals surface area contributed by atoms with Gasteiger partial charge in [-0.3, -0.25) is 9.82 Å². The van der Waals surface area contributed by atoms with Gasteiger partial charge in [0.2, 0.25) is 5.88 Å². The van der Waals surface area contributed by atoms with E-state index in [0.29, 0.717) is 35.3 Å². The molecule has 1 fully saturated rings. The Kier molecular flexibility index (Phi) is 6.73. The van der Waals surface area contributed by atoms with E-state index in [9.17, 15) is 17.2 Å². The predicted molar refractivity (Wildman–Crippen MR) is 136 cm³/mol. The van der Waals surface area contributed by atoms with Crippen molar-refractivity contribution in [2.75, 3.05) is 24.9 Å². The molecule has 13 heteroatoms. The van der Waals surface area contributed by atoms with E-state index in [2.05, 4.69) is 24.9 Å². The lowest BCUT2D eigenvalue weighted by Gasteiger charge is -2.32. The number of hydrogen-bond acceptors (Lipinski definition) is 7. The van der Waals surface area contributed by atoms with Crippen molar-refractivity contribution in [3.63, 3.8) is 0 Å². The van der Waals surface area contributed by atoms with Gasteiger partial charge in [-0.15, -0.1) is 0 Å². The minimum absolute atomic E-state index is 0.0932. The molecule has 2 aromatic carbocycles. The Balaban J connectivity index is 1.43. The van der Waals surface area contributed by atoms with E-state index < -0.39 is 33.0 Å². The number of aromatic amines is 1. The lowest BCUT2D eigenvalue weighted by atomic mass is 10.1. The molecule has 1 aliphatic rings. The molecular weight excluding hydrogens is 526 g/mol. The number of H-pyrrole nitrogens is 1. The van der Waals surface area contributed by atoms with Crippen molar-refractivity contribution in [1.82, 2.24) is 25.1 Å². The van der Waals surface area contributed by atoms with E-state index in [1.807, 2.05) is 11.9 Å². The van der Waals surface area contributed by atoms with Crippen LogP contribution in [-0.4, -0.2) is 65.9 Å². The van der Waals surface area contributed by atoms with Crippen LogP contribution < -0.4 is 9.46 Å². The summed E-state index contributed by atoms with van der Waals surface area (Å²) in [6.45, 7) is 2.77. The zero-order valence-electron chi connectivity index (χ0n) is 19.9. The lowest BCUT2D eigenvalue weighted by molar-refractivity contribution is 0.0296. The Morgan fingerprint density at radius 1 is 1.19 bits per heavy atom. The number of fused-ring (bicyclic) bond motifs is 1. The van der Waals surface area contributed by atoms with Gasteiger partial charge in [0.05, 0.1) is 0 Å². The fourth-order valence-corrected chi connectivity index (χ4v) is 5.54. The van der Waals surface area contributed by atoms with E-state index in [0.717, 1.165) is 12.1 Å². The second-order valence-electron chi connectivity index (χ2n) is 8.88. The van der Waals surface area contributed by atoms with E-state index in [-0.39, 0.29) is 29.0 Å². The first-order valence-electron chi connectivity index (χ1n) is 11.4. The SMILES string of the molecule is Cc1[nH]nc2nc(-c3ccc(NS(=O)(=O)c4cc(Cl)ccc4F)cc3)nc(O[C@@H]3CCN(C)C[C@@H]3F)c12. The largest absolute Gasteiger partial charge is 0.471 e. The molecule has 0 bridgehead atoms. The number of aromatic nitrogens is 4. The highest BCUT2D eigenvalue weighted by atomic mass is 35.5. The normalized spacial score (nSPS) is 18.7. The minimum atomic E-state index is -4.22. The summed E-state index contributed by atoms with van der Waals surface area (Å²) in [5.74, 6) is -0.422. The molecule has 1 aliphatic heterocycles. The highest BCUT2D eigenvalue weighted by molar-refractivity contribution is 7.92. The van der Waals surface area contributed by atoms with Gasteiger partial charge in [0.1, 0.15) is 28.4 Å². The van der Waals surface area contributed by atoms with Crippen LogP contribution in [0.3, 0.4) is 0 Å². The van der Waals surface area contributed by atoms with Gasteiger partial charge in [0.25, 0.3) is 10.0 Å². The standard InChI is InChI=1S/C24H23ClF2N6O3S/c1-13-21-23(31-30-13)28-22(29-24(21)36-19-9-10-33(2)12-18(19)27)14-3-6-16(7-4-14)32-37(34,35)20-11-15(25)5-8-17(20)26/h3-8,11,18-19,32H,9-10,12H2,1-2H3,(H,28,29,30,31)/t18-,19+/m0/s1. The third kappa shape index (κ3) is 5.22. The Labute approximate surface area is 216 Å². The van der Waals surface area contributed by atoms with Gasteiger partial charge in [-0.2, -0.15) is 10.1 Å². The number of likely N-dealkylation sites (tertiary alicyclic amines) is 1. The highest BCUT2D eigenvalue weighted by Gasteiger charge is 2.31. The topological polar surface area (TPSA) is 113 Å². The number of ether oxygens (including phenoxy) is 1. The van der Waals surface area contributed by atoms with Crippen LogP contribution in [0.5, 0.6) is 5.88 Å². The van der Waals surface area contributed by atoms with Crippen molar-refractivity contribution >= 4 is 38.3 Å². The van der Waals surface area contributed by atoms with Crippen molar-refractivity contribution in [2.24, 2.45) is 0 Å². The summed E-state index contributed by atoms with van der Waals surface area (Å²) in [5, 5.41) is 7.73. The Morgan fingerprint density at radius 3 is 2.68 bits per heavy atom. The molecule has 0 aliphatic carbocycles. The van der Waals surface area contributed by atoms with Gasteiger partial charge in [-0.25, -0.2) is 22.2 Å². The van der Waals surface area contributed by atoms with E-state index in [1.54, 1.807) is 19.1 Å². The maximum Gasteiger partial charge on any atom is 0.264 e. The summed E-state index contributed by atoms with van der Waals surface area (Å²) in [6, 6.07) is 9.48. The summed E-state index contributed by atoms with van der Waals surface area (Å²) >= 11 is 5.83. The van der Waals surface area contributed by atoms with Gasteiger partial charge in [0.15, 0.2) is 11.5 Å². The molecule has 194 valence electrons. The average Bonchev–Trinajstić information content (AvgIpc) is 3.23. The third-order valence-corrected chi connectivity index (χ3v) is 7.72. The van der Waals surface area contributed by atoms with Crippen LogP contribution in [0.25, 0.3) is 22.4 Å². The monoisotopic (exact) mass is 548 g/mol. The zero-order chi connectivity index (χ0) is 26.3. The molecule has 0 radical (unpaired) electrons. The van der Waals surface area contributed by atoms with Gasteiger partial charge >= 0.3 is 0 Å². The smallest absolute Gasteiger partial charge is 0.264 e. The molecule has 37 heavy (non-hydrogen) atoms. The quantitative estimate of drug-likeness (QED) is 0.368. The van der Waals surface area contributed by atoms with Gasteiger partial charge in [-0.05, 0) is 62.9 Å². The molecule has 0 amide bonds. The number of hydrogen-bond donors (Lipinski definition) is 2. The van der Waals surface area contributed by atoms with Crippen LogP contribution in [0.4, 0.5) is 14.5 Å². The third-order valence-electron chi connectivity index (χ3n) is 6.09. The highest BCUT2D eigenvalue weighted by Crippen LogP contribution is 2.31. The summed E-state index contributed by atoms with van der Waals surface area (Å²) in [7, 11) is -2.36. The van der Waals surface area contributed by atoms with Gasteiger partial charge in [-0.1, -0.05) is 11.6 Å². The van der Waals surface area contributed by atoms with Crippen molar-refractivity contribution in [3.05, 3.63) is 59.0 Å². The molecule has 0 unspecified atom stereocenters. The Hall–Kier alpha value is -3.35. The van der Waals surface area contributed by atoms with Crippen molar-refractivity contribution < 1.29 is 21.9 Å². The first-order valence-corrected chi connectivity index (χ1v) is 13.3. The lowest BCUT2D eigenvalue weighted by Crippen LogP contribution is -2.45. The first-order chi connectivity index (χ1) is 17.6. The van der Waals surface area contributed by atoms with Crippen LogP contribution in [0.1, 0.15) is 12.1 Å². The summed E-state index contributed by atoms with van der Waals surface area (Å²) < 4.78 is 62.5. The van der Waals surface area contributed by atoms with Crippen LogP contribution in [0.2, 0.25) is 5.02 Å². The van der Waals surface area contributed by atoms with E-state index >= 15 is 0 Å². The van der Waals surface area contributed by atoms with Crippen LogP contribution in [0.15, 0.2) is 47.4 Å². The number of sulfonamides is 1. The summed E-state index contributed by atoms with van der Waals surface area (Å²) in [6.07, 6.45) is -1.31.